The molecule has 1 atom stereocenters. The van der Waals surface area contributed by atoms with Gasteiger partial charge >= 0.3 is 5.97 Å². The number of esters is 1. The number of rotatable bonds is 8. The van der Waals surface area contributed by atoms with Gasteiger partial charge in [0, 0.05) is 6.42 Å². The molecule has 0 heterocycles. The molecule has 0 aromatic heterocycles. The minimum absolute atomic E-state index is 0.0669. The lowest BCUT2D eigenvalue weighted by Crippen LogP contribution is -2.18. The molecule has 0 aliphatic heterocycles. The number of carbonyl (C=O) groups is 2. The zero-order chi connectivity index (χ0) is 18.3. The topological polar surface area (TPSA) is 69.4 Å². The Balaban J connectivity index is 2.88. The van der Waals surface area contributed by atoms with E-state index in [1.165, 1.54) is 0 Å². The molecule has 1 rings (SSSR count). The van der Waals surface area contributed by atoms with Crippen LogP contribution in [-0.4, -0.2) is 24.4 Å². The van der Waals surface area contributed by atoms with Gasteiger partial charge in [-0.15, -0.1) is 0 Å². The Morgan fingerprint density at radius 1 is 1.12 bits per heavy atom. The summed E-state index contributed by atoms with van der Waals surface area (Å²) in [6.07, 6.45) is 2.25. The molecule has 1 aromatic carbocycles. The first-order valence-corrected chi connectivity index (χ1v) is 8.65. The SMILES string of the molecule is CC(C)OC(=O)c1ccc([C@@H](CCC(C)(C)C)CC(=O)CN)cc1. The van der Waals surface area contributed by atoms with Crippen molar-refractivity contribution in [1.82, 2.24) is 0 Å². The van der Waals surface area contributed by atoms with Crippen LogP contribution in [0.5, 0.6) is 0 Å². The number of nitrogens with two attached hydrogens (primary N) is 1. The van der Waals surface area contributed by atoms with Gasteiger partial charge in [0.1, 0.15) is 5.78 Å². The highest BCUT2D eigenvalue weighted by Crippen LogP contribution is 2.31. The standard InChI is InChI=1S/C20H31NO3/c1-14(2)24-19(23)16-8-6-15(7-9-16)17(12-18(22)13-21)10-11-20(3,4)5/h6-9,14,17H,10-13,21H2,1-5H3/t17-/m0/s1. The van der Waals surface area contributed by atoms with Gasteiger partial charge in [-0.1, -0.05) is 32.9 Å². The molecule has 0 bridgehead atoms. The molecular weight excluding hydrogens is 302 g/mol. The summed E-state index contributed by atoms with van der Waals surface area (Å²) in [6.45, 7) is 10.3. The predicted molar refractivity (Wildman–Crippen MR) is 97.1 cm³/mol. The van der Waals surface area contributed by atoms with Gasteiger partial charge < -0.3 is 10.5 Å². The lowest BCUT2D eigenvalue weighted by atomic mass is 9.82. The van der Waals surface area contributed by atoms with Gasteiger partial charge in [0.15, 0.2) is 0 Å². The van der Waals surface area contributed by atoms with Crippen molar-refractivity contribution in [2.45, 2.75) is 65.9 Å². The van der Waals surface area contributed by atoms with E-state index in [1.54, 1.807) is 12.1 Å². The molecule has 134 valence electrons. The monoisotopic (exact) mass is 333 g/mol. The van der Waals surface area contributed by atoms with Gasteiger partial charge in [0.05, 0.1) is 18.2 Å². The molecule has 0 amide bonds. The number of hydrogen-bond acceptors (Lipinski definition) is 4. The van der Waals surface area contributed by atoms with E-state index in [-0.39, 0.29) is 35.7 Å². The summed E-state index contributed by atoms with van der Waals surface area (Å²) < 4.78 is 5.20. The number of Topliss-reactive ketones (excluding diaryl/α,β-unsaturated/α-hetero) is 1. The van der Waals surface area contributed by atoms with Crippen molar-refractivity contribution in [2.24, 2.45) is 11.1 Å². The van der Waals surface area contributed by atoms with Crippen molar-refractivity contribution in [3.63, 3.8) is 0 Å². The Kier molecular flexibility index (Phi) is 7.61. The third kappa shape index (κ3) is 7.26. The van der Waals surface area contributed by atoms with E-state index in [0.717, 1.165) is 18.4 Å². The maximum Gasteiger partial charge on any atom is 0.338 e. The van der Waals surface area contributed by atoms with Crippen LogP contribution in [0.3, 0.4) is 0 Å². The quantitative estimate of drug-likeness (QED) is 0.728. The van der Waals surface area contributed by atoms with Gasteiger partial charge in [-0.2, -0.15) is 0 Å². The van der Waals surface area contributed by atoms with Gasteiger partial charge in [0.25, 0.3) is 0 Å². The molecule has 24 heavy (non-hydrogen) atoms. The maximum absolute atomic E-state index is 11.9. The zero-order valence-electron chi connectivity index (χ0n) is 15.6. The molecule has 0 fully saturated rings. The van der Waals surface area contributed by atoms with Crippen molar-refractivity contribution in [3.8, 4) is 0 Å². The normalized spacial score (nSPS) is 13.0. The summed E-state index contributed by atoms with van der Waals surface area (Å²) >= 11 is 0. The molecule has 0 unspecified atom stereocenters. The average Bonchev–Trinajstić information content (AvgIpc) is 2.49. The first kappa shape index (κ1) is 20.4. The number of ketones is 1. The smallest absolute Gasteiger partial charge is 0.338 e. The fourth-order valence-electron chi connectivity index (χ4n) is 2.53. The minimum Gasteiger partial charge on any atom is -0.459 e. The van der Waals surface area contributed by atoms with Crippen LogP contribution in [0.4, 0.5) is 0 Å². The fourth-order valence-corrected chi connectivity index (χ4v) is 2.53. The summed E-state index contributed by atoms with van der Waals surface area (Å²) in [6, 6.07) is 7.40. The highest BCUT2D eigenvalue weighted by molar-refractivity contribution is 5.89. The third-order valence-corrected chi connectivity index (χ3v) is 3.91. The molecule has 0 aliphatic carbocycles. The Bertz CT molecular complexity index is 541. The first-order chi connectivity index (χ1) is 11.1. The van der Waals surface area contributed by atoms with Gasteiger partial charge in [-0.25, -0.2) is 4.79 Å². The summed E-state index contributed by atoms with van der Waals surface area (Å²) in [5, 5.41) is 0. The lowest BCUT2D eigenvalue weighted by molar-refractivity contribution is -0.118. The summed E-state index contributed by atoms with van der Waals surface area (Å²) in [5.41, 5.74) is 7.30. The second-order valence-electron chi connectivity index (χ2n) is 7.82. The van der Waals surface area contributed by atoms with Gasteiger partial charge in [-0.3, -0.25) is 4.79 Å². The first-order valence-electron chi connectivity index (χ1n) is 8.65. The van der Waals surface area contributed by atoms with E-state index in [4.69, 9.17) is 10.5 Å². The molecule has 4 heteroatoms. The Labute approximate surface area is 145 Å². The molecule has 0 aliphatic rings. The highest BCUT2D eigenvalue weighted by Gasteiger charge is 2.20. The minimum atomic E-state index is -0.319. The molecular formula is C20H31NO3. The van der Waals surface area contributed by atoms with Crippen LogP contribution >= 0.6 is 0 Å². The number of carbonyl (C=O) groups excluding carboxylic acids is 2. The fraction of sp³-hybridized carbons (Fsp3) is 0.600. The van der Waals surface area contributed by atoms with E-state index in [2.05, 4.69) is 20.8 Å². The Morgan fingerprint density at radius 3 is 2.17 bits per heavy atom. The second-order valence-corrected chi connectivity index (χ2v) is 7.82. The number of ether oxygens (including phenoxy) is 1. The molecule has 0 spiro atoms. The molecule has 4 nitrogen and oxygen atoms in total. The molecule has 2 N–H and O–H groups in total. The van der Waals surface area contributed by atoms with Crippen LogP contribution in [0.15, 0.2) is 24.3 Å². The average molecular weight is 333 g/mol. The van der Waals surface area contributed by atoms with Crippen LogP contribution < -0.4 is 5.73 Å². The van der Waals surface area contributed by atoms with Gasteiger partial charge in [-0.05, 0) is 55.7 Å². The summed E-state index contributed by atoms with van der Waals surface area (Å²) in [5.74, 6) is -0.117. The van der Waals surface area contributed by atoms with Gasteiger partial charge in [0.2, 0.25) is 0 Å². The van der Waals surface area contributed by atoms with Crippen molar-refractivity contribution >= 4 is 11.8 Å². The molecule has 0 radical (unpaired) electrons. The van der Waals surface area contributed by atoms with E-state index in [9.17, 15) is 9.59 Å². The van der Waals surface area contributed by atoms with Crippen molar-refractivity contribution in [3.05, 3.63) is 35.4 Å². The van der Waals surface area contributed by atoms with Crippen molar-refractivity contribution in [2.75, 3.05) is 6.54 Å². The van der Waals surface area contributed by atoms with Crippen LogP contribution in [0.2, 0.25) is 0 Å². The van der Waals surface area contributed by atoms with Crippen LogP contribution in [0, 0.1) is 5.41 Å². The van der Waals surface area contributed by atoms with E-state index < -0.39 is 0 Å². The largest absolute Gasteiger partial charge is 0.459 e. The molecule has 1 aromatic rings. The zero-order valence-corrected chi connectivity index (χ0v) is 15.6. The van der Waals surface area contributed by atoms with Crippen LogP contribution in [0.1, 0.15) is 75.7 Å². The Hall–Kier alpha value is -1.68. The summed E-state index contributed by atoms with van der Waals surface area (Å²) in [4.78, 5) is 23.7. The third-order valence-electron chi connectivity index (χ3n) is 3.91. The number of benzene rings is 1. The van der Waals surface area contributed by atoms with Crippen molar-refractivity contribution in [1.29, 1.82) is 0 Å². The Morgan fingerprint density at radius 2 is 1.71 bits per heavy atom. The van der Waals surface area contributed by atoms with Crippen LogP contribution in [0.25, 0.3) is 0 Å². The van der Waals surface area contributed by atoms with E-state index in [0.29, 0.717) is 12.0 Å². The summed E-state index contributed by atoms with van der Waals surface area (Å²) in [7, 11) is 0. The van der Waals surface area contributed by atoms with Crippen molar-refractivity contribution < 1.29 is 14.3 Å². The second kappa shape index (κ2) is 8.97. The highest BCUT2D eigenvalue weighted by atomic mass is 16.5. The van der Waals surface area contributed by atoms with Crippen LogP contribution in [-0.2, 0) is 9.53 Å². The lowest BCUT2D eigenvalue weighted by Gasteiger charge is -2.23. The number of hydrogen-bond donors (Lipinski definition) is 1. The van der Waals surface area contributed by atoms with E-state index in [1.807, 2.05) is 26.0 Å². The maximum atomic E-state index is 11.9. The molecule has 0 saturated carbocycles. The predicted octanol–water partition coefficient (Wildman–Crippen LogP) is 4.08. The molecule has 0 saturated heterocycles. The van der Waals surface area contributed by atoms with E-state index >= 15 is 0 Å².